The molecule has 0 saturated carbocycles. The number of carbonyl (C=O) groups excluding carboxylic acids is 1. The average molecular weight is 487 g/mol. The van der Waals surface area contributed by atoms with E-state index >= 15 is 0 Å². The van der Waals surface area contributed by atoms with E-state index in [9.17, 15) is 10.1 Å². The van der Waals surface area contributed by atoms with E-state index in [2.05, 4.69) is 22.4 Å². The fourth-order valence-electron chi connectivity index (χ4n) is 5.13. The molecule has 8 heteroatoms. The summed E-state index contributed by atoms with van der Waals surface area (Å²) >= 11 is 0. The zero-order chi connectivity index (χ0) is 25.2. The van der Waals surface area contributed by atoms with Crippen molar-refractivity contribution in [3.63, 3.8) is 0 Å². The van der Waals surface area contributed by atoms with Crippen molar-refractivity contribution in [1.82, 2.24) is 9.47 Å². The number of nitrogens with one attached hydrogen (secondary N) is 1. The zero-order valence-electron chi connectivity index (χ0n) is 20.8. The summed E-state index contributed by atoms with van der Waals surface area (Å²) in [4.78, 5) is 15.5. The SMILES string of the molecule is COc1ccc(-n2c(C)c(C)c(C#N)c2NC(=O)CN2CCCC2c2ccc3c(c2)OCCO3)cc1. The van der Waals surface area contributed by atoms with E-state index < -0.39 is 0 Å². The third-order valence-electron chi connectivity index (χ3n) is 7.08. The van der Waals surface area contributed by atoms with Gasteiger partial charge < -0.3 is 19.5 Å². The van der Waals surface area contributed by atoms with Gasteiger partial charge in [0.2, 0.25) is 5.91 Å². The number of fused-ring (bicyclic) bond motifs is 1. The Kier molecular flexibility index (Phi) is 6.57. The summed E-state index contributed by atoms with van der Waals surface area (Å²) in [6.45, 7) is 6.02. The van der Waals surface area contributed by atoms with Crippen LogP contribution in [0.2, 0.25) is 0 Å². The van der Waals surface area contributed by atoms with Crippen molar-refractivity contribution in [2.45, 2.75) is 32.7 Å². The largest absolute Gasteiger partial charge is 0.497 e. The van der Waals surface area contributed by atoms with Crippen LogP contribution in [0.5, 0.6) is 17.2 Å². The standard InChI is InChI=1S/C28H30N4O4/c1-18-19(2)32(21-7-9-22(34-3)10-8-21)28(23(18)16-29)30-27(33)17-31-12-4-5-24(31)20-6-11-25-26(15-20)36-14-13-35-25/h6-11,15,24H,4-5,12-14,17H2,1-3H3,(H,30,33). The molecule has 186 valence electrons. The molecule has 0 radical (unpaired) electrons. The first kappa shape index (κ1) is 23.8. The van der Waals surface area contributed by atoms with Crippen LogP contribution in [0.3, 0.4) is 0 Å². The van der Waals surface area contributed by atoms with Gasteiger partial charge in [-0.15, -0.1) is 0 Å². The molecule has 2 aromatic carbocycles. The first-order chi connectivity index (χ1) is 17.5. The molecule has 0 aliphatic carbocycles. The lowest BCUT2D eigenvalue weighted by Crippen LogP contribution is -2.33. The second kappa shape index (κ2) is 9.96. The van der Waals surface area contributed by atoms with Gasteiger partial charge in [-0.25, -0.2) is 0 Å². The van der Waals surface area contributed by atoms with Crippen molar-refractivity contribution >= 4 is 11.7 Å². The van der Waals surface area contributed by atoms with Crippen LogP contribution >= 0.6 is 0 Å². The van der Waals surface area contributed by atoms with E-state index in [1.807, 2.05) is 54.8 Å². The topological polar surface area (TPSA) is 88.8 Å². The minimum atomic E-state index is -0.150. The number of carbonyl (C=O) groups is 1. The third kappa shape index (κ3) is 4.38. The predicted molar refractivity (Wildman–Crippen MR) is 136 cm³/mol. The number of amides is 1. The summed E-state index contributed by atoms with van der Waals surface area (Å²) in [5.41, 5.74) is 4.20. The quantitative estimate of drug-likeness (QED) is 0.551. The van der Waals surface area contributed by atoms with Gasteiger partial charge in [-0.3, -0.25) is 14.3 Å². The number of methoxy groups -OCH3 is 1. The fraction of sp³-hybridized carbons (Fsp3) is 0.357. The van der Waals surface area contributed by atoms with E-state index in [4.69, 9.17) is 14.2 Å². The number of rotatable bonds is 6. The Labute approximate surface area is 211 Å². The Bertz CT molecular complexity index is 1320. The molecular formula is C28H30N4O4. The van der Waals surface area contributed by atoms with E-state index in [1.165, 1.54) is 0 Å². The van der Waals surface area contributed by atoms with Crippen molar-refractivity contribution in [3.05, 3.63) is 64.8 Å². The van der Waals surface area contributed by atoms with Crippen molar-refractivity contribution in [3.8, 4) is 29.0 Å². The molecule has 8 nitrogen and oxygen atoms in total. The number of nitriles is 1. The molecule has 0 spiro atoms. The monoisotopic (exact) mass is 486 g/mol. The van der Waals surface area contributed by atoms with Crippen LogP contribution in [0, 0.1) is 25.2 Å². The van der Waals surface area contributed by atoms with Crippen LogP contribution in [0.15, 0.2) is 42.5 Å². The molecule has 1 aromatic heterocycles. The molecule has 5 rings (SSSR count). The summed E-state index contributed by atoms with van der Waals surface area (Å²) in [5.74, 6) is 2.62. The molecule has 1 N–H and O–H groups in total. The number of benzene rings is 2. The highest BCUT2D eigenvalue weighted by atomic mass is 16.6. The summed E-state index contributed by atoms with van der Waals surface area (Å²) in [7, 11) is 1.62. The number of anilines is 1. The van der Waals surface area contributed by atoms with Crippen LogP contribution in [0.4, 0.5) is 5.82 Å². The van der Waals surface area contributed by atoms with E-state index in [0.29, 0.717) is 24.6 Å². The smallest absolute Gasteiger partial charge is 0.239 e. The van der Waals surface area contributed by atoms with Crippen LogP contribution in [-0.4, -0.2) is 48.8 Å². The van der Waals surface area contributed by atoms with E-state index in [-0.39, 0.29) is 18.5 Å². The lowest BCUT2D eigenvalue weighted by atomic mass is 10.0. The second-order valence-corrected chi connectivity index (χ2v) is 9.16. The summed E-state index contributed by atoms with van der Waals surface area (Å²) in [6, 6.07) is 16.0. The lowest BCUT2D eigenvalue weighted by Gasteiger charge is -2.26. The molecular weight excluding hydrogens is 456 g/mol. The highest BCUT2D eigenvalue weighted by molar-refractivity contribution is 5.93. The maximum Gasteiger partial charge on any atom is 0.239 e. The van der Waals surface area contributed by atoms with Crippen LogP contribution < -0.4 is 19.5 Å². The number of aromatic nitrogens is 1. The van der Waals surface area contributed by atoms with Crippen molar-refractivity contribution in [2.75, 3.05) is 38.7 Å². The first-order valence-corrected chi connectivity index (χ1v) is 12.2. The zero-order valence-corrected chi connectivity index (χ0v) is 20.8. The van der Waals surface area contributed by atoms with Gasteiger partial charge in [0.15, 0.2) is 11.5 Å². The molecule has 1 atom stereocenters. The average Bonchev–Trinajstić information content (AvgIpc) is 3.45. The van der Waals surface area contributed by atoms with Gasteiger partial charge in [-0.2, -0.15) is 5.26 Å². The van der Waals surface area contributed by atoms with Gasteiger partial charge in [-0.1, -0.05) is 6.07 Å². The third-order valence-corrected chi connectivity index (χ3v) is 7.08. The molecule has 1 fully saturated rings. The Morgan fingerprint density at radius 1 is 1.14 bits per heavy atom. The normalized spacial score (nSPS) is 17.0. The Balaban J connectivity index is 1.38. The molecule has 1 unspecified atom stereocenters. The van der Waals surface area contributed by atoms with Crippen LogP contribution in [0.1, 0.15) is 41.3 Å². The fourth-order valence-corrected chi connectivity index (χ4v) is 5.13. The van der Waals surface area contributed by atoms with Crippen molar-refractivity contribution < 1.29 is 19.0 Å². The number of likely N-dealkylation sites (tertiary alicyclic amines) is 1. The molecule has 1 saturated heterocycles. The molecule has 2 aliphatic rings. The number of ether oxygens (including phenoxy) is 3. The number of hydrogen-bond donors (Lipinski definition) is 1. The minimum Gasteiger partial charge on any atom is -0.497 e. The van der Waals surface area contributed by atoms with Crippen LogP contribution in [-0.2, 0) is 4.79 Å². The summed E-state index contributed by atoms with van der Waals surface area (Å²) < 4.78 is 18.6. The Morgan fingerprint density at radius 2 is 1.89 bits per heavy atom. The maximum absolute atomic E-state index is 13.3. The highest BCUT2D eigenvalue weighted by Gasteiger charge is 2.30. The van der Waals surface area contributed by atoms with E-state index in [1.54, 1.807) is 7.11 Å². The maximum atomic E-state index is 13.3. The Hall–Kier alpha value is -3.96. The molecule has 3 aromatic rings. The predicted octanol–water partition coefficient (Wildman–Crippen LogP) is 4.52. The number of hydrogen-bond acceptors (Lipinski definition) is 6. The molecule has 1 amide bonds. The molecule has 36 heavy (non-hydrogen) atoms. The van der Waals surface area contributed by atoms with Gasteiger partial charge in [0, 0.05) is 17.4 Å². The number of nitrogens with zero attached hydrogens (tertiary/aromatic N) is 3. The highest BCUT2D eigenvalue weighted by Crippen LogP contribution is 2.38. The first-order valence-electron chi connectivity index (χ1n) is 12.2. The van der Waals surface area contributed by atoms with Crippen LogP contribution in [0.25, 0.3) is 5.69 Å². The van der Waals surface area contributed by atoms with Gasteiger partial charge in [0.05, 0.1) is 19.2 Å². The summed E-state index contributed by atoms with van der Waals surface area (Å²) in [5, 5.41) is 12.9. The van der Waals surface area contributed by atoms with Gasteiger partial charge in [0.25, 0.3) is 0 Å². The van der Waals surface area contributed by atoms with Crippen molar-refractivity contribution in [2.24, 2.45) is 0 Å². The lowest BCUT2D eigenvalue weighted by molar-refractivity contribution is -0.117. The molecule has 0 bridgehead atoms. The summed E-state index contributed by atoms with van der Waals surface area (Å²) in [6.07, 6.45) is 1.98. The minimum absolute atomic E-state index is 0.124. The van der Waals surface area contributed by atoms with Gasteiger partial charge in [-0.05, 0) is 80.8 Å². The Morgan fingerprint density at radius 3 is 2.61 bits per heavy atom. The van der Waals surface area contributed by atoms with E-state index in [0.717, 1.165) is 59.1 Å². The molecule has 3 heterocycles. The molecule has 2 aliphatic heterocycles. The van der Waals surface area contributed by atoms with Gasteiger partial charge >= 0.3 is 0 Å². The second-order valence-electron chi connectivity index (χ2n) is 9.16. The van der Waals surface area contributed by atoms with Crippen molar-refractivity contribution in [1.29, 1.82) is 5.26 Å². The van der Waals surface area contributed by atoms with Gasteiger partial charge in [0.1, 0.15) is 30.9 Å².